The minimum absolute atomic E-state index is 1.12. The predicted molar refractivity (Wildman–Crippen MR) is 80.9 cm³/mol. The summed E-state index contributed by atoms with van der Waals surface area (Å²) >= 11 is 0. The van der Waals surface area contributed by atoms with Gasteiger partial charge in [0.05, 0.1) is 0 Å². The van der Waals surface area contributed by atoms with E-state index in [1.807, 2.05) is 0 Å². The molecule has 1 saturated heterocycles. The molecule has 2 aliphatic carbocycles. The van der Waals surface area contributed by atoms with Crippen LogP contribution in [0.4, 0.5) is 0 Å². The third-order valence-corrected chi connectivity index (χ3v) is 8.42. The summed E-state index contributed by atoms with van der Waals surface area (Å²) in [4.78, 5) is 0. The third-order valence-electron chi connectivity index (χ3n) is 4.61. The molecule has 1 aliphatic heterocycles. The van der Waals surface area contributed by atoms with Gasteiger partial charge in [0.1, 0.15) is 0 Å². The lowest BCUT2D eigenvalue weighted by molar-refractivity contribution is 0.526. The second-order valence-corrected chi connectivity index (χ2v) is 10.3. The SMILES string of the molecule is C[Si](C)(C1=C(C2=CCC=C2)CC=C1)N1CCCC1. The normalized spacial score (nSPS) is 24.4. The van der Waals surface area contributed by atoms with Gasteiger partial charge < -0.3 is 4.57 Å². The van der Waals surface area contributed by atoms with E-state index >= 15 is 0 Å². The highest BCUT2D eigenvalue weighted by molar-refractivity contribution is 6.82. The summed E-state index contributed by atoms with van der Waals surface area (Å²) in [7, 11) is -1.42. The Labute approximate surface area is 112 Å². The summed E-state index contributed by atoms with van der Waals surface area (Å²) in [5.74, 6) is 0. The molecular weight excluding hydrogens is 234 g/mol. The fourth-order valence-electron chi connectivity index (χ4n) is 3.48. The van der Waals surface area contributed by atoms with Crippen molar-refractivity contribution >= 4 is 8.24 Å². The summed E-state index contributed by atoms with van der Waals surface area (Å²) < 4.78 is 2.79. The molecule has 0 spiro atoms. The van der Waals surface area contributed by atoms with E-state index in [1.54, 1.807) is 10.8 Å². The summed E-state index contributed by atoms with van der Waals surface area (Å²) in [6, 6.07) is 0. The minimum Gasteiger partial charge on any atom is -0.320 e. The van der Waals surface area contributed by atoms with E-state index in [1.165, 1.54) is 31.5 Å². The van der Waals surface area contributed by atoms with Crippen LogP contribution in [0.25, 0.3) is 0 Å². The second kappa shape index (κ2) is 4.67. The van der Waals surface area contributed by atoms with Crippen molar-refractivity contribution in [2.75, 3.05) is 13.1 Å². The molecule has 0 N–H and O–H groups in total. The molecule has 1 fully saturated rings. The van der Waals surface area contributed by atoms with Crippen LogP contribution in [0.2, 0.25) is 13.1 Å². The average Bonchev–Trinajstić information content (AvgIpc) is 3.11. The standard InChI is InChI=1S/C16H23NSi/c1-18(2,17-12-5-6-13-17)16-11-7-10-15(16)14-8-3-4-9-14/h3,7-9,11H,4-6,10,12-13H2,1-2H3. The largest absolute Gasteiger partial charge is 0.320 e. The molecule has 0 aromatic rings. The Kier molecular flexibility index (Phi) is 3.16. The fraction of sp³-hybridized carbons (Fsp3) is 0.500. The molecule has 0 bridgehead atoms. The highest BCUT2D eigenvalue weighted by Gasteiger charge is 2.37. The van der Waals surface area contributed by atoms with Crippen molar-refractivity contribution in [2.45, 2.75) is 38.8 Å². The van der Waals surface area contributed by atoms with Crippen LogP contribution in [0.5, 0.6) is 0 Å². The van der Waals surface area contributed by atoms with E-state index in [0.29, 0.717) is 0 Å². The van der Waals surface area contributed by atoms with Crippen molar-refractivity contribution in [1.29, 1.82) is 0 Å². The Morgan fingerprint density at radius 1 is 1.06 bits per heavy atom. The Morgan fingerprint density at radius 3 is 2.50 bits per heavy atom. The quantitative estimate of drug-likeness (QED) is 0.692. The van der Waals surface area contributed by atoms with E-state index in [-0.39, 0.29) is 0 Å². The predicted octanol–water partition coefficient (Wildman–Crippen LogP) is 3.97. The molecule has 0 amide bonds. The Morgan fingerprint density at radius 2 is 1.83 bits per heavy atom. The molecular formula is C16H23NSi. The zero-order valence-electron chi connectivity index (χ0n) is 11.6. The maximum Gasteiger partial charge on any atom is 0.154 e. The van der Waals surface area contributed by atoms with E-state index in [9.17, 15) is 0 Å². The zero-order chi connectivity index (χ0) is 12.6. The van der Waals surface area contributed by atoms with Crippen molar-refractivity contribution in [3.05, 3.63) is 46.7 Å². The fourth-order valence-corrected chi connectivity index (χ4v) is 6.77. The lowest BCUT2D eigenvalue weighted by atomic mass is 10.1. The second-order valence-electron chi connectivity index (χ2n) is 6.05. The smallest absolute Gasteiger partial charge is 0.154 e. The van der Waals surface area contributed by atoms with Crippen LogP contribution in [-0.4, -0.2) is 25.9 Å². The maximum absolute atomic E-state index is 2.79. The molecule has 3 aliphatic rings. The van der Waals surface area contributed by atoms with E-state index in [4.69, 9.17) is 0 Å². The Hall–Kier alpha value is -0.863. The number of rotatable bonds is 3. The van der Waals surface area contributed by atoms with Crippen LogP contribution in [-0.2, 0) is 0 Å². The number of hydrogen-bond acceptors (Lipinski definition) is 1. The molecule has 1 nitrogen and oxygen atoms in total. The minimum atomic E-state index is -1.42. The first-order chi connectivity index (χ1) is 8.69. The number of nitrogens with zero attached hydrogens (tertiary/aromatic N) is 1. The van der Waals surface area contributed by atoms with E-state index < -0.39 is 8.24 Å². The highest BCUT2D eigenvalue weighted by Crippen LogP contribution is 2.36. The van der Waals surface area contributed by atoms with Gasteiger partial charge in [0, 0.05) is 0 Å². The van der Waals surface area contributed by atoms with Gasteiger partial charge in [-0.3, -0.25) is 0 Å². The molecule has 3 rings (SSSR count). The molecule has 2 heteroatoms. The molecule has 0 radical (unpaired) electrons. The van der Waals surface area contributed by atoms with Gasteiger partial charge in [-0.2, -0.15) is 0 Å². The first-order valence-corrected chi connectivity index (χ1v) is 10.2. The lowest BCUT2D eigenvalue weighted by Gasteiger charge is -2.35. The van der Waals surface area contributed by atoms with Crippen molar-refractivity contribution in [3.63, 3.8) is 0 Å². The van der Waals surface area contributed by atoms with Gasteiger partial charge in [0.2, 0.25) is 0 Å². The Bertz CT molecular complexity index is 459. The van der Waals surface area contributed by atoms with Crippen LogP contribution in [0, 0.1) is 0 Å². The summed E-state index contributed by atoms with van der Waals surface area (Å²) in [5, 5.41) is 1.68. The topological polar surface area (TPSA) is 3.24 Å². The molecule has 96 valence electrons. The molecule has 0 aromatic carbocycles. The number of allylic oxidation sites excluding steroid dienone is 8. The number of hydrogen-bond donors (Lipinski definition) is 0. The van der Waals surface area contributed by atoms with Gasteiger partial charge in [-0.05, 0) is 55.1 Å². The van der Waals surface area contributed by atoms with Crippen molar-refractivity contribution in [2.24, 2.45) is 0 Å². The lowest BCUT2D eigenvalue weighted by Crippen LogP contribution is -2.48. The molecule has 0 aromatic heterocycles. The van der Waals surface area contributed by atoms with E-state index in [2.05, 4.69) is 48.0 Å². The van der Waals surface area contributed by atoms with Gasteiger partial charge >= 0.3 is 0 Å². The van der Waals surface area contributed by atoms with Gasteiger partial charge in [0.25, 0.3) is 0 Å². The van der Waals surface area contributed by atoms with Gasteiger partial charge in [0.15, 0.2) is 8.24 Å². The zero-order valence-corrected chi connectivity index (χ0v) is 12.6. The van der Waals surface area contributed by atoms with Gasteiger partial charge in [-0.1, -0.05) is 43.5 Å². The van der Waals surface area contributed by atoms with Crippen molar-refractivity contribution < 1.29 is 0 Å². The van der Waals surface area contributed by atoms with Crippen molar-refractivity contribution in [1.82, 2.24) is 4.57 Å². The van der Waals surface area contributed by atoms with Crippen LogP contribution >= 0.6 is 0 Å². The van der Waals surface area contributed by atoms with Crippen LogP contribution in [0.3, 0.4) is 0 Å². The van der Waals surface area contributed by atoms with Gasteiger partial charge in [-0.15, -0.1) is 0 Å². The van der Waals surface area contributed by atoms with Gasteiger partial charge in [-0.25, -0.2) is 0 Å². The molecule has 0 saturated carbocycles. The molecule has 1 heterocycles. The molecule has 0 unspecified atom stereocenters. The average molecular weight is 257 g/mol. The van der Waals surface area contributed by atoms with Crippen molar-refractivity contribution in [3.8, 4) is 0 Å². The van der Waals surface area contributed by atoms with Crippen LogP contribution in [0.15, 0.2) is 46.7 Å². The summed E-state index contributed by atoms with van der Waals surface area (Å²) in [6.45, 7) is 7.70. The van der Waals surface area contributed by atoms with E-state index in [0.717, 1.165) is 12.8 Å². The third kappa shape index (κ3) is 1.98. The maximum atomic E-state index is 2.79. The monoisotopic (exact) mass is 257 g/mol. The summed E-state index contributed by atoms with van der Waals surface area (Å²) in [6.07, 6.45) is 16.8. The van der Waals surface area contributed by atoms with Crippen LogP contribution in [0.1, 0.15) is 25.7 Å². The van der Waals surface area contributed by atoms with Crippen LogP contribution < -0.4 is 0 Å². The Balaban J connectivity index is 1.94. The highest BCUT2D eigenvalue weighted by atomic mass is 28.3. The molecule has 18 heavy (non-hydrogen) atoms. The molecule has 0 atom stereocenters. The first kappa shape index (κ1) is 12.2. The first-order valence-electron chi connectivity index (χ1n) is 7.22. The summed E-state index contributed by atoms with van der Waals surface area (Å²) in [5.41, 5.74) is 3.11.